The first-order chi connectivity index (χ1) is 19.3. The number of nitrogens with one attached hydrogen (secondary N) is 2. The van der Waals surface area contributed by atoms with Gasteiger partial charge >= 0.3 is 0 Å². The van der Waals surface area contributed by atoms with Crippen molar-refractivity contribution in [1.29, 1.82) is 0 Å². The highest BCUT2D eigenvalue weighted by atomic mass is 16.5. The number of aliphatic hydroxyl groups excluding tert-OH is 1. The second-order valence-corrected chi connectivity index (χ2v) is 11.7. The number of hydrogen-bond donors (Lipinski definition) is 4. The van der Waals surface area contributed by atoms with E-state index in [0.29, 0.717) is 25.1 Å². The van der Waals surface area contributed by atoms with Crippen LogP contribution >= 0.6 is 0 Å². The predicted octanol–water partition coefficient (Wildman–Crippen LogP) is 4.29. The smallest absolute Gasteiger partial charge is 0.267 e. The number of nitrogens with zero attached hydrogens (tertiary/aromatic N) is 1. The van der Waals surface area contributed by atoms with Gasteiger partial charge in [-0.05, 0) is 80.3 Å². The maximum absolute atomic E-state index is 13.1. The summed E-state index contributed by atoms with van der Waals surface area (Å²) in [6, 6.07) is 15.7. The minimum absolute atomic E-state index is 0.0444. The topological polar surface area (TPSA) is 107 Å². The summed E-state index contributed by atoms with van der Waals surface area (Å²) in [5.41, 5.74) is 1.84. The summed E-state index contributed by atoms with van der Waals surface area (Å²) >= 11 is 0. The molecule has 4 N–H and O–H groups in total. The first kappa shape index (κ1) is 28.5. The van der Waals surface area contributed by atoms with Crippen LogP contribution in [0.15, 0.2) is 48.5 Å². The van der Waals surface area contributed by atoms with Crippen molar-refractivity contribution < 1.29 is 24.5 Å². The zero-order valence-corrected chi connectivity index (χ0v) is 23.7. The molecule has 1 aromatic heterocycles. The summed E-state index contributed by atoms with van der Waals surface area (Å²) in [5, 5.41) is 25.2. The maximum Gasteiger partial charge on any atom is 0.267 e. The van der Waals surface area contributed by atoms with Crippen LogP contribution in [-0.2, 0) is 6.42 Å². The minimum atomic E-state index is -0.682. The first-order valence-electron chi connectivity index (χ1n) is 14.6. The van der Waals surface area contributed by atoms with Gasteiger partial charge in [-0.3, -0.25) is 4.79 Å². The Kier molecular flexibility index (Phi) is 8.98. The number of amides is 1. The molecular formula is C32H43N3O5. The molecule has 2 aromatic carbocycles. The average molecular weight is 550 g/mol. The zero-order chi connectivity index (χ0) is 28.1. The molecule has 8 nitrogen and oxygen atoms in total. The van der Waals surface area contributed by atoms with E-state index in [1.807, 2.05) is 42.5 Å². The summed E-state index contributed by atoms with van der Waals surface area (Å²) < 4.78 is 11.4. The molecule has 1 aliphatic heterocycles. The number of carbonyl (C=O) groups excluding carboxylic acids is 1. The van der Waals surface area contributed by atoms with Gasteiger partial charge in [-0.25, -0.2) is 0 Å². The zero-order valence-electron chi connectivity index (χ0n) is 23.7. The third-order valence-electron chi connectivity index (χ3n) is 8.74. The van der Waals surface area contributed by atoms with E-state index in [1.54, 1.807) is 7.11 Å². The van der Waals surface area contributed by atoms with Crippen LogP contribution in [0.2, 0.25) is 0 Å². The van der Waals surface area contributed by atoms with Gasteiger partial charge in [0.2, 0.25) is 0 Å². The highest BCUT2D eigenvalue weighted by Crippen LogP contribution is 2.33. The van der Waals surface area contributed by atoms with Crippen molar-refractivity contribution in [2.75, 3.05) is 33.4 Å². The van der Waals surface area contributed by atoms with E-state index < -0.39 is 5.60 Å². The van der Waals surface area contributed by atoms with E-state index in [9.17, 15) is 15.0 Å². The normalized spacial score (nSPS) is 25.6. The number of H-pyrrole nitrogens is 1. The number of benzene rings is 2. The molecule has 216 valence electrons. The molecule has 0 radical (unpaired) electrons. The molecule has 40 heavy (non-hydrogen) atoms. The van der Waals surface area contributed by atoms with Crippen molar-refractivity contribution in [1.82, 2.24) is 15.2 Å². The largest absolute Gasteiger partial charge is 0.497 e. The molecule has 8 heteroatoms. The van der Waals surface area contributed by atoms with E-state index in [4.69, 9.17) is 9.47 Å². The Bertz CT molecular complexity index is 1280. The Morgan fingerprint density at radius 1 is 1.15 bits per heavy atom. The number of aromatic nitrogens is 1. The lowest BCUT2D eigenvalue weighted by molar-refractivity contribution is -0.0272. The molecule has 0 spiro atoms. The lowest BCUT2D eigenvalue weighted by Crippen LogP contribution is -2.47. The van der Waals surface area contributed by atoms with Crippen LogP contribution in [0.5, 0.6) is 11.5 Å². The van der Waals surface area contributed by atoms with E-state index in [2.05, 4.69) is 28.2 Å². The number of piperidine rings is 1. The minimum Gasteiger partial charge on any atom is -0.497 e. The molecule has 1 amide bonds. The number of rotatable bonds is 10. The number of fused-ring (bicyclic) bond motifs is 1. The molecule has 0 bridgehead atoms. The van der Waals surface area contributed by atoms with E-state index >= 15 is 0 Å². The molecule has 2 heterocycles. The van der Waals surface area contributed by atoms with Gasteiger partial charge in [0.1, 0.15) is 17.2 Å². The molecule has 5 rings (SSSR count). The van der Waals surface area contributed by atoms with Crippen molar-refractivity contribution in [2.45, 2.75) is 69.6 Å². The van der Waals surface area contributed by atoms with Crippen LogP contribution in [0.3, 0.4) is 0 Å². The Labute approximate surface area is 236 Å². The van der Waals surface area contributed by atoms with Gasteiger partial charge in [0.15, 0.2) is 0 Å². The summed E-state index contributed by atoms with van der Waals surface area (Å²) in [6.45, 7) is 5.23. The number of aliphatic hydroxyl groups is 2. The second-order valence-electron chi connectivity index (χ2n) is 11.7. The van der Waals surface area contributed by atoms with Crippen molar-refractivity contribution in [2.24, 2.45) is 5.92 Å². The molecule has 1 saturated heterocycles. The number of methoxy groups -OCH3 is 1. The average Bonchev–Trinajstić information content (AvgIpc) is 3.41. The fourth-order valence-corrected chi connectivity index (χ4v) is 6.08. The van der Waals surface area contributed by atoms with E-state index in [0.717, 1.165) is 79.7 Å². The van der Waals surface area contributed by atoms with Gasteiger partial charge in [0.05, 0.1) is 25.4 Å². The number of ether oxygens (including phenoxy) is 2. The second kappa shape index (κ2) is 12.6. The fraction of sp³-hybridized carbons (Fsp3) is 0.531. The number of carbonyl (C=O) groups is 1. The van der Waals surface area contributed by atoms with Crippen molar-refractivity contribution >= 4 is 16.8 Å². The molecule has 3 aromatic rings. The predicted molar refractivity (Wildman–Crippen MR) is 156 cm³/mol. The molecular weight excluding hydrogens is 506 g/mol. The number of hydrogen-bond acceptors (Lipinski definition) is 6. The lowest BCUT2D eigenvalue weighted by atomic mass is 9.80. The third kappa shape index (κ3) is 6.97. The van der Waals surface area contributed by atoms with Gasteiger partial charge in [0, 0.05) is 43.0 Å². The van der Waals surface area contributed by atoms with Crippen LogP contribution < -0.4 is 14.8 Å². The van der Waals surface area contributed by atoms with Crippen LogP contribution in [0, 0.1) is 5.92 Å². The Hall–Kier alpha value is -3.07. The quantitative estimate of drug-likeness (QED) is 0.301. The summed E-state index contributed by atoms with van der Waals surface area (Å²) in [6.07, 6.45) is 4.97. The fourth-order valence-electron chi connectivity index (χ4n) is 6.08. The number of aromatic amines is 1. The first-order valence-corrected chi connectivity index (χ1v) is 14.6. The monoisotopic (exact) mass is 549 g/mol. The van der Waals surface area contributed by atoms with Gasteiger partial charge < -0.3 is 34.9 Å². The summed E-state index contributed by atoms with van der Waals surface area (Å²) in [5.74, 6) is 1.73. The van der Waals surface area contributed by atoms with Gasteiger partial charge in [-0.1, -0.05) is 25.1 Å². The van der Waals surface area contributed by atoms with E-state index in [1.165, 1.54) is 0 Å². The maximum atomic E-state index is 13.1. The SMILES string of the molecule is COc1cccc(CCOc2cccc3[nH]c(C(=O)NC4CCC(O)(CCN5CC[C@H](O)[C@@H](C)C5)CC4)cc23)c1. The van der Waals surface area contributed by atoms with Crippen LogP contribution in [-0.4, -0.2) is 77.1 Å². The van der Waals surface area contributed by atoms with Crippen molar-refractivity contribution in [3.8, 4) is 11.5 Å². The molecule has 2 fully saturated rings. The van der Waals surface area contributed by atoms with Gasteiger partial charge in [-0.15, -0.1) is 0 Å². The van der Waals surface area contributed by atoms with Gasteiger partial charge in [0.25, 0.3) is 5.91 Å². The standard InChI is InChI=1S/C32H43N3O5/c1-22-21-35(16-11-29(22)36)17-15-32(38)13-9-24(10-14-32)33-31(37)28-20-26-27(34-28)7-4-8-30(26)40-18-12-23-5-3-6-25(19-23)39-2/h3-8,19-20,22,24,29,34,36,38H,9-18,21H2,1-2H3,(H,33,37)/t22-,24?,29-,32?/m0/s1. The molecule has 1 saturated carbocycles. The van der Waals surface area contributed by atoms with Crippen LogP contribution in [0.4, 0.5) is 0 Å². The Morgan fingerprint density at radius 2 is 1.95 bits per heavy atom. The number of likely N-dealkylation sites (tertiary alicyclic amines) is 1. The Morgan fingerprint density at radius 3 is 2.73 bits per heavy atom. The Balaban J connectivity index is 1.11. The summed E-state index contributed by atoms with van der Waals surface area (Å²) in [7, 11) is 1.66. The van der Waals surface area contributed by atoms with Crippen LogP contribution in [0.1, 0.15) is 61.5 Å². The van der Waals surface area contributed by atoms with Crippen LogP contribution in [0.25, 0.3) is 10.9 Å². The molecule has 0 unspecified atom stereocenters. The highest BCUT2D eigenvalue weighted by Gasteiger charge is 2.35. The van der Waals surface area contributed by atoms with Crippen molar-refractivity contribution in [3.63, 3.8) is 0 Å². The highest BCUT2D eigenvalue weighted by molar-refractivity contribution is 5.99. The van der Waals surface area contributed by atoms with Crippen molar-refractivity contribution in [3.05, 3.63) is 59.8 Å². The molecule has 2 atom stereocenters. The molecule has 1 aliphatic carbocycles. The third-order valence-corrected chi connectivity index (χ3v) is 8.74. The lowest BCUT2D eigenvalue weighted by Gasteiger charge is -2.39. The van der Waals surface area contributed by atoms with E-state index in [-0.39, 0.29) is 24.0 Å². The summed E-state index contributed by atoms with van der Waals surface area (Å²) in [4.78, 5) is 18.7. The molecule has 2 aliphatic rings. The van der Waals surface area contributed by atoms with Gasteiger partial charge in [-0.2, -0.15) is 0 Å².